The van der Waals surface area contributed by atoms with Crippen LogP contribution in [-0.4, -0.2) is 58.1 Å². The smallest absolute Gasteiger partial charge is 0.326 e. The number of carbonyl (C=O) groups excluding carboxylic acids is 3. The average molecular weight is 380 g/mol. The number of carbonyl (C=O) groups is 4. The maximum absolute atomic E-state index is 12.4. The van der Waals surface area contributed by atoms with Gasteiger partial charge in [-0.2, -0.15) is 0 Å². The molecule has 1 aromatic rings. The number of aliphatic hydroxyl groups is 1. The number of nitrogens with one attached hydrogen (secondary N) is 2. The number of benzene rings is 1. The van der Waals surface area contributed by atoms with Crippen LogP contribution < -0.4 is 22.1 Å². The van der Waals surface area contributed by atoms with Gasteiger partial charge in [-0.05, 0) is 12.5 Å². The van der Waals surface area contributed by atoms with Crippen molar-refractivity contribution in [2.45, 2.75) is 44.0 Å². The summed E-state index contributed by atoms with van der Waals surface area (Å²) in [6.45, 7) is 1.29. The molecule has 1 rings (SSSR count). The number of carboxylic acids is 1. The van der Waals surface area contributed by atoms with E-state index < -0.39 is 54.3 Å². The molecule has 1 aromatic carbocycles. The molecule has 10 heteroatoms. The molecule has 0 aliphatic carbocycles. The molecule has 0 bridgehead atoms. The van der Waals surface area contributed by atoms with Gasteiger partial charge in [0.15, 0.2) is 0 Å². The van der Waals surface area contributed by atoms with E-state index in [4.69, 9.17) is 11.5 Å². The summed E-state index contributed by atoms with van der Waals surface area (Å²) in [4.78, 5) is 47.0. The first-order chi connectivity index (χ1) is 12.6. The van der Waals surface area contributed by atoms with E-state index in [2.05, 4.69) is 10.6 Å². The maximum Gasteiger partial charge on any atom is 0.326 e. The number of rotatable bonds is 10. The Morgan fingerprint density at radius 1 is 1.04 bits per heavy atom. The van der Waals surface area contributed by atoms with Crippen LogP contribution in [0.3, 0.4) is 0 Å². The second-order valence-electron chi connectivity index (χ2n) is 6.09. The van der Waals surface area contributed by atoms with Gasteiger partial charge in [-0.15, -0.1) is 0 Å². The van der Waals surface area contributed by atoms with Crippen LogP contribution in [0.1, 0.15) is 18.9 Å². The van der Waals surface area contributed by atoms with Crippen LogP contribution in [0.15, 0.2) is 30.3 Å². The molecule has 0 saturated carbocycles. The number of nitrogens with two attached hydrogens (primary N) is 2. The zero-order valence-electron chi connectivity index (χ0n) is 14.8. The van der Waals surface area contributed by atoms with Crippen molar-refractivity contribution in [1.29, 1.82) is 0 Å². The van der Waals surface area contributed by atoms with Crippen molar-refractivity contribution in [1.82, 2.24) is 10.6 Å². The lowest BCUT2D eigenvalue weighted by Gasteiger charge is -2.23. The number of aliphatic carboxylic acids is 1. The van der Waals surface area contributed by atoms with Gasteiger partial charge in [0.1, 0.15) is 18.1 Å². The van der Waals surface area contributed by atoms with E-state index in [9.17, 15) is 29.4 Å². The highest BCUT2D eigenvalue weighted by Gasteiger charge is 2.30. The summed E-state index contributed by atoms with van der Waals surface area (Å²) in [5.41, 5.74) is 11.3. The van der Waals surface area contributed by atoms with Crippen LogP contribution in [0.2, 0.25) is 0 Å². The minimum atomic E-state index is -1.42. The molecule has 8 N–H and O–H groups in total. The Morgan fingerprint density at radius 2 is 1.59 bits per heavy atom. The molecule has 0 aliphatic heterocycles. The van der Waals surface area contributed by atoms with Crippen molar-refractivity contribution in [2.75, 3.05) is 0 Å². The highest BCUT2D eigenvalue weighted by Crippen LogP contribution is 2.05. The standard InChI is InChI=1S/C17H24N4O6/c1-9(22)14(19)16(25)20-11(8-13(18)23)15(24)21-12(17(26)27)7-10-5-3-2-4-6-10/h2-6,9,11-12,14,22H,7-8,19H2,1H3,(H2,18,23)(H,20,25)(H,21,24)(H,26,27)/t9-,11+,12+,14+/m1/s1. The largest absolute Gasteiger partial charge is 0.480 e. The molecule has 0 heterocycles. The first-order valence-electron chi connectivity index (χ1n) is 8.21. The van der Waals surface area contributed by atoms with E-state index in [1.54, 1.807) is 30.3 Å². The summed E-state index contributed by atoms with van der Waals surface area (Å²) in [6, 6.07) is 4.59. The number of primary amides is 1. The van der Waals surface area contributed by atoms with E-state index in [1.165, 1.54) is 6.92 Å². The molecule has 0 radical (unpaired) electrons. The van der Waals surface area contributed by atoms with Crippen LogP contribution in [0, 0.1) is 0 Å². The number of hydrogen-bond acceptors (Lipinski definition) is 6. The topological polar surface area (TPSA) is 185 Å². The fourth-order valence-electron chi connectivity index (χ4n) is 2.22. The molecule has 0 aromatic heterocycles. The Bertz CT molecular complexity index is 679. The number of aliphatic hydroxyl groups excluding tert-OH is 1. The Balaban J connectivity index is 2.87. The van der Waals surface area contributed by atoms with E-state index >= 15 is 0 Å². The summed E-state index contributed by atoms with van der Waals surface area (Å²) < 4.78 is 0. The molecular formula is C17H24N4O6. The zero-order valence-corrected chi connectivity index (χ0v) is 14.8. The van der Waals surface area contributed by atoms with Gasteiger partial charge in [0.25, 0.3) is 0 Å². The maximum atomic E-state index is 12.4. The van der Waals surface area contributed by atoms with Crippen LogP contribution in [0.5, 0.6) is 0 Å². The van der Waals surface area contributed by atoms with Crippen molar-refractivity contribution in [3.63, 3.8) is 0 Å². The zero-order chi connectivity index (χ0) is 20.6. The molecule has 0 unspecified atom stereocenters. The summed E-state index contributed by atoms with van der Waals surface area (Å²) in [6.07, 6.45) is -1.74. The Hall–Kier alpha value is -2.98. The van der Waals surface area contributed by atoms with Crippen LogP contribution in [0.4, 0.5) is 0 Å². The lowest BCUT2D eigenvalue weighted by molar-refractivity contribution is -0.142. The van der Waals surface area contributed by atoms with Crippen molar-refractivity contribution in [3.05, 3.63) is 35.9 Å². The highest BCUT2D eigenvalue weighted by atomic mass is 16.4. The van der Waals surface area contributed by atoms with Crippen molar-refractivity contribution < 1.29 is 29.4 Å². The fourth-order valence-corrected chi connectivity index (χ4v) is 2.22. The molecule has 3 amide bonds. The third-order valence-corrected chi connectivity index (χ3v) is 3.76. The normalized spacial score (nSPS) is 15.1. The Labute approximate surface area is 155 Å². The van der Waals surface area contributed by atoms with Gasteiger partial charge in [-0.3, -0.25) is 14.4 Å². The monoisotopic (exact) mass is 380 g/mol. The van der Waals surface area contributed by atoms with Crippen LogP contribution >= 0.6 is 0 Å². The Morgan fingerprint density at radius 3 is 2.07 bits per heavy atom. The second-order valence-corrected chi connectivity index (χ2v) is 6.09. The third-order valence-electron chi connectivity index (χ3n) is 3.76. The van der Waals surface area contributed by atoms with Gasteiger partial charge in [-0.1, -0.05) is 30.3 Å². The quantitative estimate of drug-likeness (QED) is 0.267. The van der Waals surface area contributed by atoms with Crippen LogP contribution in [-0.2, 0) is 25.6 Å². The molecule has 4 atom stereocenters. The predicted molar refractivity (Wildman–Crippen MR) is 95.1 cm³/mol. The fraction of sp³-hybridized carbons (Fsp3) is 0.412. The van der Waals surface area contributed by atoms with Crippen molar-refractivity contribution in [3.8, 4) is 0 Å². The summed E-state index contributed by atoms with van der Waals surface area (Å²) >= 11 is 0. The molecule has 27 heavy (non-hydrogen) atoms. The summed E-state index contributed by atoms with van der Waals surface area (Å²) in [7, 11) is 0. The predicted octanol–water partition coefficient (Wildman–Crippen LogP) is -2.13. The lowest BCUT2D eigenvalue weighted by atomic mass is 10.0. The summed E-state index contributed by atoms with van der Waals surface area (Å²) in [5, 5.41) is 23.2. The van der Waals surface area contributed by atoms with Gasteiger partial charge < -0.3 is 32.3 Å². The Kier molecular flexibility index (Phi) is 8.36. The number of amides is 3. The second kappa shape index (κ2) is 10.2. The molecule has 0 saturated heterocycles. The lowest BCUT2D eigenvalue weighted by Crippen LogP contribution is -2.57. The van der Waals surface area contributed by atoms with Gasteiger partial charge in [-0.25, -0.2) is 4.79 Å². The first-order valence-corrected chi connectivity index (χ1v) is 8.21. The molecule has 0 spiro atoms. The van der Waals surface area contributed by atoms with Crippen molar-refractivity contribution >= 4 is 23.7 Å². The SMILES string of the molecule is C[C@@H](O)[C@H](N)C(=O)N[C@@H](CC(N)=O)C(=O)N[C@@H](Cc1ccccc1)C(=O)O. The average Bonchev–Trinajstić information content (AvgIpc) is 2.59. The van der Waals surface area contributed by atoms with E-state index in [-0.39, 0.29) is 6.42 Å². The number of carboxylic acid groups (broad SMARTS) is 1. The van der Waals surface area contributed by atoms with Gasteiger partial charge in [0, 0.05) is 6.42 Å². The van der Waals surface area contributed by atoms with E-state index in [0.29, 0.717) is 5.56 Å². The molecule has 148 valence electrons. The van der Waals surface area contributed by atoms with Gasteiger partial charge >= 0.3 is 5.97 Å². The minimum Gasteiger partial charge on any atom is -0.480 e. The number of hydrogen-bond donors (Lipinski definition) is 6. The molecule has 0 fully saturated rings. The van der Waals surface area contributed by atoms with Crippen molar-refractivity contribution in [2.24, 2.45) is 11.5 Å². The summed E-state index contributed by atoms with van der Waals surface area (Å²) in [5.74, 6) is -3.93. The van der Waals surface area contributed by atoms with Gasteiger partial charge in [0.2, 0.25) is 17.7 Å². The van der Waals surface area contributed by atoms with E-state index in [1.807, 2.05) is 0 Å². The first kappa shape index (κ1) is 22.1. The minimum absolute atomic E-state index is 0.00629. The van der Waals surface area contributed by atoms with E-state index in [0.717, 1.165) is 0 Å². The molecule has 0 aliphatic rings. The molecule has 10 nitrogen and oxygen atoms in total. The highest BCUT2D eigenvalue weighted by molar-refractivity contribution is 5.94. The molecular weight excluding hydrogens is 356 g/mol. The third kappa shape index (κ3) is 7.42. The van der Waals surface area contributed by atoms with Gasteiger partial charge in [0.05, 0.1) is 12.5 Å². The van der Waals surface area contributed by atoms with Crippen LogP contribution in [0.25, 0.3) is 0 Å².